The van der Waals surface area contributed by atoms with Gasteiger partial charge in [-0.05, 0) is 42.9 Å². The Morgan fingerprint density at radius 2 is 1.78 bits per heavy atom. The van der Waals surface area contributed by atoms with Crippen molar-refractivity contribution in [2.24, 2.45) is 29.6 Å². The molecule has 104 valence electrons. The van der Waals surface area contributed by atoms with E-state index in [1.165, 1.54) is 57.7 Å². The molecule has 0 aromatic heterocycles. The Hall–Kier alpha value is -0.330. The lowest BCUT2D eigenvalue weighted by Crippen LogP contribution is -2.25. The van der Waals surface area contributed by atoms with Gasteiger partial charge in [-0.15, -0.1) is 0 Å². The van der Waals surface area contributed by atoms with Crippen LogP contribution in [0.25, 0.3) is 0 Å². The van der Waals surface area contributed by atoms with Gasteiger partial charge in [-0.25, -0.2) is 0 Å². The van der Waals surface area contributed by atoms with Gasteiger partial charge in [-0.1, -0.05) is 52.4 Å². The predicted molar refractivity (Wildman–Crippen MR) is 76.4 cm³/mol. The largest absolute Gasteiger partial charge is 0.303 e. The van der Waals surface area contributed by atoms with Gasteiger partial charge in [0.25, 0.3) is 0 Å². The fourth-order valence-corrected chi connectivity index (χ4v) is 4.27. The molecule has 5 unspecified atom stereocenters. The molecule has 2 aliphatic rings. The molecule has 0 heterocycles. The Kier molecular flexibility index (Phi) is 5.26. The standard InChI is InChI=1S/C17H30O/c1-13-5-3-8-17(14(13)2)10-9-15-6-4-7-16(11-15)12-18/h12-17H,3-11H2,1-2H3. The molecule has 2 aliphatic carbocycles. The molecule has 1 heteroatoms. The van der Waals surface area contributed by atoms with E-state index in [1.807, 2.05) is 0 Å². The Morgan fingerprint density at radius 3 is 2.56 bits per heavy atom. The van der Waals surface area contributed by atoms with Gasteiger partial charge in [-0.2, -0.15) is 0 Å². The van der Waals surface area contributed by atoms with E-state index in [0.29, 0.717) is 5.92 Å². The molecule has 5 atom stereocenters. The van der Waals surface area contributed by atoms with E-state index in [4.69, 9.17) is 0 Å². The first-order chi connectivity index (χ1) is 8.70. The van der Waals surface area contributed by atoms with Crippen molar-refractivity contribution in [3.05, 3.63) is 0 Å². The van der Waals surface area contributed by atoms with Crippen molar-refractivity contribution < 1.29 is 4.79 Å². The van der Waals surface area contributed by atoms with E-state index < -0.39 is 0 Å². The predicted octanol–water partition coefficient (Wildman–Crippen LogP) is 4.84. The maximum absolute atomic E-state index is 10.9. The van der Waals surface area contributed by atoms with E-state index in [2.05, 4.69) is 13.8 Å². The number of rotatable bonds is 4. The van der Waals surface area contributed by atoms with E-state index in [1.54, 1.807) is 0 Å². The molecular formula is C17H30O. The van der Waals surface area contributed by atoms with Crippen molar-refractivity contribution in [3.8, 4) is 0 Å². The number of aldehydes is 1. The Morgan fingerprint density at radius 1 is 1.00 bits per heavy atom. The van der Waals surface area contributed by atoms with Crippen LogP contribution in [0.5, 0.6) is 0 Å². The van der Waals surface area contributed by atoms with E-state index >= 15 is 0 Å². The zero-order valence-corrected chi connectivity index (χ0v) is 12.2. The van der Waals surface area contributed by atoms with Crippen LogP contribution in [0.1, 0.15) is 71.6 Å². The first kappa shape index (κ1) is 14.1. The highest BCUT2D eigenvalue weighted by molar-refractivity contribution is 5.53. The number of carbonyl (C=O) groups excluding carboxylic acids is 1. The highest BCUT2D eigenvalue weighted by Gasteiger charge is 2.28. The van der Waals surface area contributed by atoms with Crippen LogP contribution in [-0.2, 0) is 4.79 Å². The van der Waals surface area contributed by atoms with Crippen molar-refractivity contribution in [2.45, 2.75) is 71.6 Å². The lowest BCUT2D eigenvalue weighted by atomic mass is 9.70. The van der Waals surface area contributed by atoms with Crippen molar-refractivity contribution in [2.75, 3.05) is 0 Å². The molecule has 2 saturated carbocycles. The fourth-order valence-electron chi connectivity index (χ4n) is 4.27. The summed E-state index contributed by atoms with van der Waals surface area (Å²) in [5, 5.41) is 0. The second-order valence-corrected chi connectivity index (χ2v) is 7.03. The maximum Gasteiger partial charge on any atom is 0.123 e. The lowest BCUT2D eigenvalue weighted by molar-refractivity contribution is -0.112. The summed E-state index contributed by atoms with van der Waals surface area (Å²) in [4.78, 5) is 10.9. The molecule has 2 fully saturated rings. The quantitative estimate of drug-likeness (QED) is 0.652. The van der Waals surface area contributed by atoms with E-state index in [0.717, 1.165) is 30.1 Å². The molecule has 0 radical (unpaired) electrons. The van der Waals surface area contributed by atoms with Crippen LogP contribution in [0.3, 0.4) is 0 Å². The second kappa shape index (κ2) is 6.73. The van der Waals surface area contributed by atoms with E-state index in [9.17, 15) is 4.79 Å². The SMILES string of the molecule is CC1CCCC(CCC2CCCC(C=O)C2)C1C. The van der Waals surface area contributed by atoms with E-state index in [-0.39, 0.29) is 0 Å². The van der Waals surface area contributed by atoms with Gasteiger partial charge in [0.15, 0.2) is 0 Å². The van der Waals surface area contributed by atoms with Gasteiger partial charge in [0.2, 0.25) is 0 Å². The molecule has 0 aromatic rings. The third-order valence-corrected chi connectivity index (χ3v) is 5.84. The molecule has 1 nitrogen and oxygen atoms in total. The minimum absolute atomic E-state index is 0.381. The summed E-state index contributed by atoms with van der Waals surface area (Å²) in [6, 6.07) is 0. The first-order valence-corrected chi connectivity index (χ1v) is 8.16. The lowest BCUT2D eigenvalue weighted by Gasteiger charge is -2.35. The highest BCUT2D eigenvalue weighted by atomic mass is 16.1. The van der Waals surface area contributed by atoms with Crippen molar-refractivity contribution in [3.63, 3.8) is 0 Å². The average molecular weight is 250 g/mol. The molecular weight excluding hydrogens is 220 g/mol. The fraction of sp³-hybridized carbons (Fsp3) is 0.941. The summed E-state index contributed by atoms with van der Waals surface area (Å²) in [5.74, 6) is 4.04. The Bertz CT molecular complexity index is 260. The smallest absolute Gasteiger partial charge is 0.123 e. The minimum atomic E-state index is 0.381. The monoisotopic (exact) mass is 250 g/mol. The van der Waals surface area contributed by atoms with Gasteiger partial charge in [0.1, 0.15) is 6.29 Å². The molecule has 2 rings (SSSR count). The Balaban J connectivity index is 1.75. The van der Waals surface area contributed by atoms with Gasteiger partial charge >= 0.3 is 0 Å². The molecule has 0 spiro atoms. The summed E-state index contributed by atoms with van der Waals surface area (Å²) in [7, 11) is 0. The van der Waals surface area contributed by atoms with Crippen LogP contribution < -0.4 is 0 Å². The third-order valence-electron chi connectivity index (χ3n) is 5.84. The zero-order chi connectivity index (χ0) is 13.0. The van der Waals surface area contributed by atoms with Crippen molar-refractivity contribution >= 4 is 6.29 Å². The molecule has 0 aromatic carbocycles. The molecule has 0 amide bonds. The number of hydrogen-bond donors (Lipinski definition) is 0. The van der Waals surface area contributed by atoms with Gasteiger partial charge in [0, 0.05) is 5.92 Å². The van der Waals surface area contributed by atoms with Crippen LogP contribution in [0.2, 0.25) is 0 Å². The van der Waals surface area contributed by atoms with Crippen molar-refractivity contribution in [1.82, 2.24) is 0 Å². The van der Waals surface area contributed by atoms with Crippen LogP contribution in [0.15, 0.2) is 0 Å². The van der Waals surface area contributed by atoms with Crippen molar-refractivity contribution in [1.29, 1.82) is 0 Å². The third kappa shape index (κ3) is 3.59. The van der Waals surface area contributed by atoms with Gasteiger partial charge in [-0.3, -0.25) is 0 Å². The second-order valence-electron chi connectivity index (χ2n) is 7.03. The molecule has 18 heavy (non-hydrogen) atoms. The number of carbonyl (C=O) groups is 1. The maximum atomic E-state index is 10.9. The molecule has 0 saturated heterocycles. The summed E-state index contributed by atoms with van der Waals surface area (Å²) in [6.45, 7) is 4.89. The van der Waals surface area contributed by atoms with Crippen LogP contribution in [-0.4, -0.2) is 6.29 Å². The summed E-state index contributed by atoms with van der Waals surface area (Å²) < 4.78 is 0. The van der Waals surface area contributed by atoms with Crippen LogP contribution >= 0.6 is 0 Å². The van der Waals surface area contributed by atoms with Gasteiger partial charge < -0.3 is 4.79 Å². The van der Waals surface area contributed by atoms with Gasteiger partial charge in [0.05, 0.1) is 0 Å². The number of hydrogen-bond acceptors (Lipinski definition) is 1. The first-order valence-electron chi connectivity index (χ1n) is 8.16. The highest BCUT2D eigenvalue weighted by Crippen LogP contribution is 2.39. The van der Waals surface area contributed by atoms with Crippen LogP contribution in [0, 0.1) is 29.6 Å². The summed E-state index contributed by atoms with van der Waals surface area (Å²) >= 11 is 0. The normalized spacial score (nSPS) is 41.6. The summed E-state index contributed by atoms with van der Waals surface area (Å²) in [6.07, 6.45) is 13.3. The zero-order valence-electron chi connectivity index (χ0n) is 12.2. The Labute approximate surface area is 113 Å². The average Bonchev–Trinajstić information content (AvgIpc) is 2.41. The molecule has 0 bridgehead atoms. The van der Waals surface area contributed by atoms with Crippen LogP contribution in [0.4, 0.5) is 0 Å². The molecule has 0 N–H and O–H groups in total. The topological polar surface area (TPSA) is 17.1 Å². The molecule has 0 aliphatic heterocycles. The minimum Gasteiger partial charge on any atom is -0.303 e. The summed E-state index contributed by atoms with van der Waals surface area (Å²) in [5.41, 5.74) is 0.